The van der Waals surface area contributed by atoms with E-state index in [1.165, 1.54) is 18.1 Å². The number of oxazole rings is 1. The Labute approximate surface area is 124 Å². The first kappa shape index (κ1) is 13.9. The lowest BCUT2D eigenvalue weighted by Gasteiger charge is -2.25. The normalized spacial score (nSPS) is 17.3. The molecular weight excluding hydrogens is 266 g/mol. The highest BCUT2D eigenvalue weighted by Gasteiger charge is 2.22. The number of benzene rings is 1. The molecule has 1 heterocycles. The first-order valence-electron chi connectivity index (χ1n) is 7.40. The molecule has 110 valence electrons. The number of aromatic nitrogens is 1. The van der Waals surface area contributed by atoms with Gasteiger partial charge in [0.05, 0.1) is 6.20 Å². The highest BCUT2D eigenvalue weighted by molar-refractivity contribution is 5.70. The zero-order valence-electron chi connectivity index (χ0n) is 12.2. The molecule has 0 bridgehead atoms. The molecule has 4 nitrogen and oxygen atoms in total. The van der Waals surface area contributed by atoms with Gasteiger partial charge in [0.1, 0.15) is 12.0 Å². The summed E-state index contributed by atoms with van der Waals surface area (Å²) in [7, 11) is 0. The topological polar surface area (TPSA) is 52.3 Å². The molecule has 0 saturated heterocycles. The average molecular weight is 285 g/mol. The molecule has 1 aliphatic rings. The summed E-state index contributed by atoms with van der Waals surface area (Å²) in [6.07, 6.45) is 8.40. The lowest BCUT2D eigenvalue weighted by atomic mass is 9.81. The maximum atomic E-state index is 11.2. The number of ether oxygens (including phenoxy) is 1. The van der Waals surface area contributed by atoms with Gasteiger partial charge in [0.2, 0.25) is 0 Å². The fraction of sp³-hybridized carbons (Fsp3) is 0.412. The standard InChI is InChI=1S/C17H19NO3/c1-12(19)21-16-4-2-3-14-11-13(5-7-15(14)16)6-8-17-18-9-10-20-17/h2-4,9-10,13H,5-8,11H2,1H3. The van der Waals surface area contributed by atoms with E-state index in [4.69, 9.17) is 9.15 Å². The number of nitrogens with zero attached hydrogens (tertiary/aromatic N) is 1. The fourth-order valence-electron chi connectivity index (χ4n) is 3.05. The number of aryl methyl sites for hydroxylation is 1. The predicted molar refractivity (Wildman–Crippen MR) is 78.1 cm³/mol. The Kier molecular flexibility index (Phi) is 4.04. The molecule has 0 spiro atoms. The number of esters is 1. The van der Waals surface area contributed by atoms with Gasteiger partial charge in [-0.25, -0.2) is 4.98 Å². The van der Waals surface area contributed by atoms with E-state index in [1.54, 1.807) is 12.5 Å². The molecule has 2 aromatic rings. The maximum Gasteiger partial charge on any atom is 0.308 e. The number of hydrogen-bond donors (Lipinski definition) is 0. The first-order chi connectivity index (χ1) is 10.2. The van der Waals surface area contributed by atoms with Crippen molar-refractivity contribution in [3.63, 3.8) is 0 Å². The molecule has 1 atom stereocenters. The van der Waals surface area contributed by atoms with E-state index in [0.717, 1.165) is 43.7 Å². The highest BCUT2D eigenvalue weighted by Crippen LogP contribution is 2.33. The van der Waals surface area contributed by atoms with Gasteiger partial charge in [-0.2, -0.15) is 0 Å². The number of carbonyl (C=O) groups excluding carboxylic acids is 1. The van der Waals surface area contributed by atoms with Gasteiger partial charge in [0.25, 0.3) is 0 Å². The van der Waals surface area contributed by atoms with Crippen molar-refractivity contribution < 1.29 is 13.9 Å². The molecule has 21 heavy (non-hydrogen) atoms. The van der Waals surface area contributed by atoms with Crippen LogP contribution in [0.1, 0.15) is 36.8 Å². The van der Waals surface area contributed by atoms with E-state index >= 15 is 0 Å². The van der Waals surface area contributed by atoms with Gasteiger partial charge in [0, 0.05) is 13.3 Å². The second-order valence-electron chi connectivity index (χ2n) is 5.56. The second-order valence-corrected chi connectivity index (χ2v) is 5.56. The van der Waals surface area contributed by atoms with Crippen molar-refractivity contribution in [3.05, 3.63) is 47.7 Å². The van der Waals surface area contributed by atoms with Gasteiger partial charge in [-0.3, -0.25) is 4.79 Å². The Morgan fingerprint density at radius 3 is 3.14 bits per heavy atom. The first-order valence-corrected chi connectivity index (χ1v) is 7.40. The monoisotopic (exact) mass is 285 g/mol. The molecule has 0 aliphatic heterocycles. The molecule has 1 aromatic heterocycles. The Hall–Kier alpha value is -2.10. The van der Waals surface area contributed by atoms with Gasteiger partial charge in [-0.05, 0) is 48.8 Å². The van der Waals surface area contributed by atoms with Crippen molar-refractivity contribution >= 4 is 5.97 Å². The predicted octanol–water partition coefficient (Wildman–Crippen LogP) is 3.34. The van der Waals surface area contributed by atoms with Gasteiger partial charge >= 0.3 is 5.97 Å². The molecule has 1 aliphatic carbocycles. The quantitative estimate of drug-likeness (QED) is 0.638. The van der Waals surface area contributed by atoms with Gasteiger partial charge in [-0.1, -0.05) is 12.1 Å². The summed E-state index contributed by atoms with van der Waals surface area (Å²) in [6.45, 7) is 1.45. The molecule has 4 heteroatoms. The SMILES string of the molecule is CC(=O)Oc1cccc2c1CCC(CCc1ncco1)C2. The zero-order valence-corrected chi connectivity index (χ0v) is 12.2. The Bertz CT molecular complexity index is 619. The van der Waals surface area contributed by atoms with Crippen molar-refractivity contribution in [1.29, 1.82) is 0 Å². The maximum absolute atomic E-state index is 11.2. The van der Waals surface area contributed by atoms with Crippen molar-refractivity contribution in [1.82, 2.24) is 4.98 Å². The van der Waals surface area contributed by atoms with E-state index in [0.29, 0.717) is 5.92 Å². The second kappa shape index (κ2) is 6.12. The van der Waals surface area contributed by atoms with Crippen LogP contribution in [0.4, 0.5) is 0 Å². The van der Waals surface area contributed by atoms with Crippen molar-refractivity contribution in [2.24, 2.45) is 5.92 Å². The number of fused-ring (bicyclic) bond motifs is 1. The van der Waals surface area contributed by atoms with Crippen LogP contribution in [-0.2, 0) is 24.1 Å². The Morgan fingerprint density at radius 1 is 1.48 bits per heavy atom. The Balaban J connectivity index is 1.66. The molecule has 0 radical (unpaired) electrons. The van der Waals surface area contributed by atoms with Crippen LogP contribution in [0.15, 0.2) is 35.1 Å². The average Bonchev–Trinajstić information content (AvgIpc) is 2.98. The molecular formula is C17H19NO3. The van der Waals surface area contributed by atoms with Crippen LogP contribution in [-0.4, -0.2) is 11.0 Å². The number of hydrogen-bond acceptors (Lipinski definition) is 4. The van der Waals surface area contributed by atoms with E-state index in [2.05, 4.69) is 11.1 Å². The van der Waals surface area contributed by atoms with Crippen LogP contribution >= 0.6 is 0 Å². The third kappa shape index (κ3) is 3.32. The molecule has 1 aromatic carbocycles. The van der Waals surface area contributed by atoms with Crippen LogP contribution in [0.5, 0.6) is 5.75 Å². The third-order valence-corrected chi connectivity index (χ3v) is 4.04. The van der Waals surface area contributed by atoms with Crippen LogP contribution in [0.3, 0.4) is 0 Å². The third-order valence-electron chi connectivity index (χ3n) is 4.04. The van der Waals surface area contributed by atoms with Crippen LogP contribution in [0.25, 0.3) is 0 Å². The van der Waals surface area contributed by atoms with E-state index < -0.39 is 0 Å². The summed E-state index contributed by atoms with van der Waals surface area (Å²) >= 11 is 0. The summed E-state index contributed by atoms with van der Waals surface area (Å²) < 4.78 is 10.6. The highest BCUT2D eigenvalue weighted by atomic mass is 16.5. The molecule has 1 unspecified atom stereocenters. The summed E-state index contributed by atoms with van der Waals surface area (Å²) in [4.78, 5) is 15.3. The lowest BCUT2D eigenvalue weighted by Crippen LogP contribution is -2.17. The van der Waals surface area contributed by atoms with E-state index in [-0.39, 0.29) is 5.97 Å². The largest absolute Gasteiger partial charge is 0.449 e. The van der Waals surface area contributed by atoms with E-state index in [1.807, 2.05) is 12.1 Å². The summed E-state index contributed by atoms with van der Waals surface area (Å²) in [5, 5.41) is 0. The summed E-state index contributed by atoms with van der Waals surface area (Å²) in [5.41, 5.74) is 2.50. The molecule has 0 N–H and O–H groups in total. The fourth-order valence-corrected chi connectivity index (χ4v) is 3.05. The minimum Gasteiger partial charge on any atom is -0.449 e. The zero-order chi connectivity index (χ0) is 14.7. The van der Waals surface area contributed by atoms with Gasteiger partial charge < -0.3 is 9.15 Å². The van der Waals surface area contributed by atoms with Gasteiger partial charge in [-0.15, -0.1) is 0 Å². The lowest BCUT2D eigenvalue weighted by molar-refractivity contribution is -0.131. The van der Waals surface area contributed by atoms with Gasteiger partial charge in [0.15, 0.2) is 5.89 Å². The molecule has 0 amide bonds. The molecule has 3 rings (SSSR count). The smallest absolute Gasteiger partial charge is 0.308 e. The molecule has 0 fully saturated rings. The van der Waals surface area contributed by atoms with E-state index in [9.17, 15) is 4.79 Å². The summed E-state index contributed by atoms with van der Waals surface area (Å²) in [5.74, 6) is 1.92. The van der Waals surface area contributed by atoms with Crippen molar-refractivity contribution in [3.8, 4) is 5.75 Å². The summed E-state index contributed by atoms with van der Waals surface area (Å²) in [6, 6.07) is 5.99. The van der Waals surface area contributed by atoms with Crippen LogP contribution in [0.2, 0.25) is 0 Å². The van der Waals surface area contributed by atoms with Crippen molar-refractivity contribution in [2.75, 3.05) is 0 Å². The minimum atomic E-state index is -0.255. The van der Waals surface area contributed by atoms with Crippen LogP contribution in [0, 0.1) is 5.92 Å². The molecule has 0 saturated carbocycles. The number of rotatable bonds is 4. The number of carbonyl (C=O) groups is 1. The Morgan fingerprint density at radius 2 is 2.38 bits per heavy atom. The van der Waals surface area contributed by atoms with Crippen LogP contribution < -0.4 is 4.74 Å². The minimum absolute atomic E-state index is 0.255. The van der Waals surface area contributed by atoms with Crippen molar-refractivity contribution in [2.45, 2.75) is 39.0 Å².